The number of ether oxygens (including phenoxy) is 1. The summed E-state index contributed by atoms with van der Waals surface area (Å²) in [5, 5.41) is 0. The summed E-state index contributed by atoms with van der Waals surface area (Å²) < 4.78 is 5.31. The summed E-state index contributed by atoms with van der Waals surface area (Å²) in [6.07, 6.45) is 1.05. The predicted molar refractivity (Wildman–Crippen MR) is 66.0 cm³/mol. The molecule has 3 nitrogen and oxygen atoms in total. The first-order valence-corrected chi connectivity index (χ1v) is 5.89. The Bertz CT molecular complexity index is 154. The Morgan fingerprint density at radius 3 is 2.33 bits per heavy atom. The van der Waals surface area contributed by atoms with Gasteiger partial charge in [0.15, 0.2) is 0 Å². The van der Waals surface area contributed by atoms with Crippen LogP contribution in [-0.2, 0) is 4.74 Å². The van der Waals surface area contributed by atoms with Crippen molar-refractivity contribution in [1.82, 2.24) is 4.90 Å². The lowest BCUT2D eigenvalue weighted by atomic mass is 9.85. The van der Waals surface area contributed by atoms with Crippen molar-refractivity contribution in [3.05, 3.63) is 0 Å². The van der Waals surface area contributed by atoms with E-state index in [2.05, 4.69) is 32.7 Å². The average molecular weight is 216 g/mol. The van der Waals surface area contributed by atoms with Crippen LogP contribution in [0.15, 0.2) is 0 Å². The van der Waals surface area contributed by atoms with Gasteiger partial charge in [-0.3, -0.25) is 0 Å². The molecule has 0 saturated heterocycles. The maximum atomic E-state index is 6.10. The number of rotatable bonds is 7. The van der Waals surface area contributed by atoms with Gasteiger partial charge in [-0.05, 0) is 32.4 Å². The van der Waals surface area contributed by atoms with E-state index in [-0.39, 0.29) is 11.5 Å². The highest BCUT2D eigenvalue weighted by atomic mass is 16.5. The van der Waals surface area contributed by atoms with E-state index in [0.29, 0.717) is 0 Å². The van der Waals surface area contributed by atoms with Crippen molar-refractivity contribution in [1.29, 1.82) is 0 Å². The highest BCUT2D eigenvalue weighted by Gasteiger charge is 2.20. The van der Waals surface area contributed by atoms with Gasteiger partial charge in [-0.1, -0.05) is 20.8 Å². The molecule has 1 unspecified atom stereocenters. The van der Waals surface area contributed by atoms with Crippen LogP contribution < -0.4 is 5.73 Å². The molecule has 0 rings (SSSR count). The van der Waals surface area contributed by atoms with Crippen LogP contribution >= 0.6 is 0 Å². The smallest absolute Gasteiger partial charge is 0.0593 e. The molecule has 0 aliphatic carbocycles. The van der Waals surface area contributed by atoms with Gasteiger partial charge >= 0.3 is 0 Å². The average Bonchev–Trinajstić information content (AvgIpc) is 2.13. The monoisotopic (exact) mass is 216 g/mol. The van der Waals surface area contributed by atoms with Crippen LogP contribution in [-0.4, -0.2) is 44.3 Å². The van der Waals surface area contributed by atoms with E-state index in [1.165, 1.54) is 0 Å². The van der Waals surface area contributed by atoms with Crippen molar-refractivity contribution in [3.8, 4) is 0 Å². The molecule has 0 saturated carbocycles. The van der Waals surface area contributed by atoms with Gasteiger partial charge < -0.3 is 15.4 Å². The van der Waals surface area contributed by atoms with Gasteiger partial charge in [-0.25, -0.2) is 0 Å². The summed E-state index contributed by atoms with van der Waals surface area (Å²) in [5.41, 5.74) is 6.31. The van der Waals surface area contributed by atoms with E-state index < -0.39 is 0 Å². The molecule has 0 bridgehead atoms. The van der Waals surface area contributed by atoms with Crippen LogP contribution in [0, 0.1) is 5.41 Å². The Kier molecular flexibility index (Phi) is 7.14. The Hall–Kier alpha value is -0.120. The normalized spacial score (nSPS) is 14.6. The molecule has 0 fully saturated rings. The van der Waals surface area contributed by atoms with Gasteiger partial charge in [0.1, 0.15) is 0 Å². The zero-order chi connectivity index (χ0) is 11.9. The largest absolute Gasteiger partial charge is 0.380 e. The highest BCUT2D eigenvalue weighted by molar-refractivity contribution is 4.77. The Balaban J connectivity index is 3.57. The molecule has 0 heterocycles. The van der Waals surface area contributed by atoms with Crippen LogP contribution in [0.4, 0.5) is 0 Å². The predicted octanol–water partition coefficient (Wildman–Crippen LogP) is 1.72. The molecule has 0 spiro atoms. The summed E-state index contributed by atoms with van der Waals surface area (Å²) in [7, 11) is 2.12. The lowest BCUT2D eigenvalue weighted by Gasteiger charge is -2.28. The van der Waals surface area contributed by atoms with E-state index in [9.17, 15) is 0 Å². The number of nitrogens with zero attached hydrogens (tertiary/aromatic N) is 1. The molecule has 0 radical (unpaired) electrons. The molecule has 0 amide bonds. The van der Waals surface area contributed by atoms with Crippen LogP contribution in [0.5, 0.6) is 0 Å². The summed E-state index contributed by atoms with van der Waals surface area (Å²) in [6.45, 7) is 12.3. The summed E-state index contributed by atoms with van der Waals surface area (Å²) >= 11 is 0. The lowest BCUT2D eigenvalue weighted by Crippen LogP contribution is -2.38. The van der Waals surface area contributed by atoms with Crippen molar-refractivity contribution in [2.45, 2.75) is 40.2 Å². The molecule has 15 heavy (non-hydrogen) atoms. The molecular formula is C12H28N2O. The van der Waals surface area contributed by atoms with E-state index in [0.717, 1.165) is 32.7 Å². The minimum Gasteiger partial charge on any atom is -0.380 e. The Morgan fingerprint density at radius 2 is 1.87 bits per heavy atom. The molecule has 1 atom stereocenters. The standard InChI is InChI=1S/C12H28N2O/c1-6-15-10-9-14(5)8-7-11(13)12(2,3)4/h11H,6-10,13H2,1-5H3. The molecule has 92 valence electrons. The number of hydrogen-bond donors (Lipinski definition) is 1. The van der Waals surface area contributed by atoms with E-state index in [4.69, 9.17) is 10.5 Å². The highest BCUT2D eigenvalue weighted by Crippen LogP contribution is 2.19. The van der Waals surface area contributed by atoms with Crippen LogP contribution in [0.2, 0.25) is 0 Å². The van der Waals surface area contributed by atoms with Gasteiger partial charge in [0.25, 0.3) is 0 Å². The van der Waals surface area contributed by atoms with Gasteiger partial charge in [-0.2, -0.15) is 0 Å². The second-order valence-electron chi connectivity index (χ2n) is 5.26. The number of likely N-dealkylation sites (N-methyl/N-ethyl adjacent to an activating group) is 1. The van der Waals surface area contributed by atoms with Gasteiger partial charge in [0.2, 0.25) is 0 Å². The van der Waals surface area contributed by atoms with Crippen LogP contribution in [0.1, 0.15) is 34.1 Å². The molecule has 0 aliphatic rings. The number of hydrogen-bond acceptors (Lipinski definition) is 3. The second kappa shape index (κ2) is 7.20. The molecule has 2 N–H and O–H groups in total. The van der Waals surface area contributed by atoms with Crippen molar-refractivity contribution in [3.63, 3.8) is 0 Å². The third-order valence-electron chi connectivity index (χ3n) is 2.76. The SMILES string of the molecule is CCOCCN(C)CCC(N)C(C)(C)C. The summed E-state index contributed by atoms with van der Waals surface area (Å²) in [6, 6.07) is 0.270. The van der Waals surface area contributed by atoms with Crippen molar-refractivity contribution >= 4 is 0 Å². The van der Waals surface area contributed by atoms with Crippen LogP contribution in [0.3, 0.4) is 0 Å². The first-order valence-electron chi connectivity index (χ1n) is 5.89. The number of nitrogens with two attached hydrogens (primary N) is 1. The van der Waals surface area contributed by atoms with E-state index in [1.54, 1.807) is 0 Å². The zero-order valence-corrected chi connectivity index (χ0v) is 11.0. The second-order valence-corrected chi connectivity index (χ2v) is 5.26. The molecular weight excluding hydrogens is 188 g/mol. The van der Waals surface area contributed by atoms with Crippen molar-refractivity contribution < 1.29 is 4.74 Å². The summed E-state index contributed by atoms with van der Waals surface area (Å²) in [5.74, 6) is 0. The van der Waals surface area contributed by atoms with E-state index >= 15 is 0 Å². The Labute approximate surface area is 95.0 Å². The summed E-state index contributed by atoms with van der Waals surface area (Å²) in [4.78, 5) is 2.28. The minimum absolute atomic E-state index is 0.209. The van der Waals surface area contributed by atoms with E-state index in [1.807, 2.05) is 6.92 Å². The molecule has 3 heteroatoms. The van der Waals surface area contributed by atoms with Gasteiger partial charge in [0, 0.05) is 19.2 Å². The zero-order valence-electron chi connectivity index (χ0n) is 11.0. The molecule has 0 aliphatic heterocycles. The van der Waals surface area contributed by atoms with Gasteiger partial charge in [0.05, 0.1) is 6.61 Å². The topological polar surface area (TPSA) is 38.5 Å². The van der Waals surface area contributed by atoms with Gasteiger partial charge in [-0.15, -0.1) is 0 Å². The van der Waals surface area contributed by atoms with Crippen molar-refractivity contribution in [2.24, 2.45) is 11.1 Å². The first kappa shape index (κ1) is 14.9. The third-order valence-corrected chi connectivity index (χ3v) is 2.76. The fourth-order valence-corrected chi connectivity index (χ4v) is 1.27. The minimum atomic E-state index is 0.209. The first-order chi connectivity index (χ1) is 6.88. The maximum absolute atomic E-state index is 6.10. The molecule has 0 aromatic heterocycles. The molecule has 0 aromatic rings. The third kappa shape index (κ3) is 7.77. The fraction of sp³-hybridized carbons (Fsp3) is 1.00. The fourth-order valence-electron chi connectivity index (χ4n) is 1.27. The lowest BCUT2D eigenvalue weighted by molar-refractivity contribution is 0.119. The maximum Gasteiger partial charge on any atom is 0.0593 e. The quantitative estimate of drug-likeness (QED) is 0.659. The van der Waals surface area contributed by atoms with Crippen LogP contribution in [0.25, 0.3) is 0 Å². The Morgan fingerprint density at radius 1 is 1.27 bits per heavy atom. The molecule has 0 aromatic carbocycles. The van der Waals surface area contributed by atoms with Crippen molar-refractivity contribution in [2.75, 3.05) is 33.4 Å².